The van der Waals surface area contributed by atoms with Crippen molar-refractivity contribution in [1.29, 1.82) is 0 Å². The number of amides is 2. The number of nitrogens with two attached hydrogens (primary N) is 1. The molecule has 0 aliphatic rings. The van der Waals surface area contributed by atoms with Crippen molar-refractivity contribution < 1.29 is 9.59 Å². The zero-order valence-corrected chi connectivity index (χ0v) is 15.3. The van der Waals surface area contributed by atoms with Gasteiger partial charge in [-0.05, 0) is 40.8 Å². The highest BCUT2D eigenvalue weighted by Crippen LogP contribution is 2.27. The molecule has 27 heavy (non-hydrogen) atoms. The Morgan fingerprint density at radius 1 is 1.00 bits per heavy atom. The number of hydrogen-bond donors (Lipinski definition) is 2. The molecule has 0 spiro atoms. The maximum absolute atomic E-state index is 13.1. The van der Waals surface area contributed by atoms with E-state index in [0.29, 0.717) is 11.4 Å². The molecule has 0 bridgehead atoms. The molecule has 2 amide bonds. The van der Waals surface area contributed by atoms with E-state index in [9.17, 15) is 9.59 Å². The molecule has 5 nitrogen and oxygen atoms in total. The summed E-state index contributed by atoms with van der Waals surface area (Å²) < 4.78 is 0. The minimum atomic E-state index is -0.579. The summed E-state index contributed by atoms with van der Waals surface area (Å²) in [4.78, 5) is 29.0. The van der Waals surface area contributed by atoms with Gasteiger partial charge in [0.2, 0.25) is 5.91 Å². The molecular formula is C22H21N3O2. The van der Waals surface area contributed by atoms with Crippen LogP contribution >= 0.6 is 0 Å². The Morgan fingerprint density at radius 2 is 1.74 bits per heavy atom. The summed E-state index contributed by atoms with van der Waals surface area (Å²) in [5, 5.41) is 2.88. The highest BCUT2D eigenvalue weighted by Gasteiger charge is 2.18. The van der Waals surface area contributed by atoms with Crippen LogP contribution in [0.2, 0.25) is 0 Å². The number of carbonyl (C=O) groups excluding carboxylic acids is 2. The summed E-state index contributed by atoms with van der Waals surface area (Å²) in [6.45, 7) is 4.07. The van der Waals surface area contributed by atoms with Crippen LogP contribution in [0.25, 0.3) is 11.1 Å². The van der Waals surface area contributed by atoms with Gasteiger partial charge < -0.3 is 11.1 Å². The predicted octanol–water partition coefficient (Wildman–Crippen LogP) is 4.22. The van der Waals surface area contributed by atoms with E-state index in [1.165, 1.54) is 6.07 Å². The molecule has 0 aliphatic heterocycles. The number of nitrogens with one attached hydrogen (secondary N) is 1. The van der Waals surface area contributed by atoms with Gasteiger partial charge in [-0.1, -0.05) is 56.3 Å². The monoisotopic (exact) mass is 359 g/mol. The molecule has 136 valence electrons. The fraction of sp³-hybridized carbons (Fsp3) is 0.136. The van der Waals surface area contributed by atoms with Crippen molar-refractivity contribution in [3.05, 3.63) is 83.6 Å². The lowest BCUT2D eigenvalue weighted by molar-refractivity contribution is 0.1000. The molecule has 0 aliphatic carbocycles. The lowest BCUT2D eigenvalue weighted by Crippen LogP contribution is -2.18. The number of benzene rings is 2. The van der Waals surface area contributed by atoms with Crippen LogP contribution in [0.3, 0.4) is 0 Å². The third-order valence-electron chi connectivity index (χ3n) is 4.33. The van der Waals surface area contributed by atoms with Crippen molar-refractivity contribution in [1.82, 2.24) is 4.98 Å². The number of carbonyl (C=O) groups is 2. The minimum Gasteiger partial charge on any atom is -0.366 e. The van der Waals surface area contributed by atoms with Crippen molar-refractivity contribution in [2.24, 2.45) is 5.73 Å². The molecule has 0 radical (unpaired) electrons. The van der Waals surface area contributed by atoms with Crippen molar-refractivity contribution in [3.63, 3.8) is 0 Å². The van der Waals surface area contributed by atoms with Crippen molar-refractivity contribution in [2.45, 2.75) is 19.8 Å². The summed E-state index contributed by atoms with van der Waals surface area (Å²) >= 11 is 0. The fourth-order valence-corrected chi connectivity index (χ4v) is 2.92. The zero-order valence-electron chi connectivity index (χ0n) is 15.3. The van der Waals surface area contributed by atoms with Gasteiger partial charge in [0.05, 0.1) is 0 Å². The zero-order chi connectivity index (χ0) is 19.4. The normalized spacial score (nSPS) is 10.6. The van der Waals surface area contributed by atoms with E-state index in [2.05, 4.69) is 10.3 Å². The van der Waals surface area contributed by atoms with Crippen LogP contribution in [0.1, 0.15) is 46.0 Å². The molecule has 2 aromatic carbocycles. The molecule has 3 N–H and O–H groups in total. The van der Waals surface area contributed by atoms with Gasteiger partial charge in [-0.3, -0.25) is 9.59 Å². The van der Waals surface area contributed by atoms with E-state index in [1.54, 1.807) is 18.3 Å². The maximum Gasteiger partial charge on any atom is 0.257 e. The number of aromatic nitrogens is 1. The molecule has 0 unspecified atom stereocenters. The Bertz CT molecular complexity index is 982. The van der Waals surface area contributed by atoms with Gasteiger partial charge >= 0.3 is 0 Å². The van der Waals surface area contributed by atoms with Crippen molar-refractivity contribution >= 4 is 17.6 Å². The highest BCUT2D eigenvalue weighted by atomic mass is 16.2. The highest BCUT2D eigenvalue weighted by molar-refractivity contribution is 6.10. The Labute approximate surface area is 158 Å². The number of pyridine rings is 1. The lowest BCUT2D eigenvalue weighted by Gasteiger charge is -2.15. The molecule has 0 saturated heterocycles. The summed E-state index contributed by atoms with van der Waals surface area (Å²) in [6, 6.07) is 18.2. The van der Waals surface area contributed by atoms with Gasteiger partial charge in [0, 0.05) is 17.3 Å². The lowest BCUT2D eigenvalue weighted by atomic mass is 9.96. The van der Waals surface area contributed by atoms with Gasteiger partial charge in [0.25, 0.3) is 5.91 Å². The SMILES string of the molecule is CC(C)c1cccnc1NC(=O)c1cc(C(N)=O)ccc1-c1ccccc1. The molecule has 3 aromatic rings. The molecule has 5 heteroatoms. The molecule has 1 heterocycles. The average molecular weight is 359 g/mol. The summed E-state index contributed by atoms with van der Waals surface area (Å²) in [6.07, 6.45) is 1.64. The maximum atomic E-state index is 13.1. The molecule has 0 fully saturated rings. The third kappa shape index (κ3) is 4.03. The number of rotatable bonds is 5. The first-order valence-electron chi connectivity index (χ1n) is 8.73. The molecule has 1 aromatic heterocycles. The summed E-state index contributed by atoms with van der Waals surface area (Å²) in [5.41, 5.74) is 8.60. The van der Waals surface area contributed by atoms with E-state index >= 15 is 0 Å². The second kappa shape index (κ2) is 7.83. The average Bonchev–Trinajstić information content (AvgIpc) is 2.68. The van der Waals surface area contributed by atoms with Crippen LogP contribution in [0.15, 0.2) is 66.9 Å². The van der Waals surface area contributed by atoms with Crippen LogP contribution in [0, 0.1) is 0 Å². The Morgan fingerprint density at radius 3 is 2.41 bits per heavy atom. The number of nitrogens with zero attached hydrogens (tertiary/aromatic N) is 1. The standard InChI is InChI=1S/C22H21N3O2/c1-14(2)17-9-6-12-24-21(17)25-22(27)19-13-16(20(23)26)10-11-18(19)15-7-4-3-5-8-15/h3-14H,1-2H3,(H2,23,26)(H,24,25,27). The Kier molecular flexibility index (Phi) is 5.31. The number of anilines is 1. The first-order chi connectivity index (χ1) is 13.0. The van der Waals surface area contributed by atoms with Crippen LogP contribution in [0.4, 0.5) is 5.82 Å². The first-order valence-corrected chi connectivity index (χ1v) is 8.73. The molecule has 3 rings (SSSR count). The second-order valence-corrected chi connectivity index (χ2v) is 6.54. The second-order valence-electron chi connectivity index (χ2n) is 6.54. The van der Waals surface area contributed by atoms with Crippen LogP contribution in [-0.2, 0) is 0 Å². The third-order valence-corrected chi connectivity index (χ3v) is 4.33. The van der Waals surface area contributed by atoms with Gasteiger partial charge in [-0.25, -0.2) is 4.98 Å². The topological polar surface area (TPSA) is 85.1 Å². The van der Waals surface area contributed by atoms with Gasteiger partial charge in [0.1, 0.15) is 5.82 Å². The molecular weight excluding hydrogens is 338 g/mol. The summed E-state index contributed by atoms with van der Waals surface area (Å²) in [5.74, 6) is -0.192. The first kappa shape index (κ1) is 18.3. The Hall–Kier alpha value is -3.47. The predicted molar refractivity (Wildman–Crippen MR) is 107 cm³/mol. The van der Waals surface area contributed by atoms with Crippen LogP contribution < -0.4 is 11.1 Å². The molecule has 0 atom stereocenters. The van der Waals surface area contributed by atoms with E-state index in [0.717, 1.165) is 16.7 Å². The number of primary amides is 1. The van der Waals surface area contributed by atoms with Crippen LogP contribution in [-0.4, -0.2) is 16.8 Å². The number of hydrogen-bond acceptors (Lipinski definition) is 3. The van der Waals surface area contributed by atoms with Gasteiger partial charge in [0.15, 0.2) is 0 Å². The largest absolute Gasteiger partial charge is 0.366 e. The smallest absolute Gasteiger partial charge is 0.257 e. The fourth-order valence-electron chi connectivity index (χ4n) is 2.92. The van der Waals surface area contributed by atoms with E-state index in [1.807, 2.05) is 56.3 Å². The quantitative estimate of drug-likeness (QED) is 0.715. The van der Waals surface area contributed by atoms with E-state index < -0.39 is 5.91 Å². The van der Waals surface area contributed by atoms with Crippen molar-refractivity contribution in [2.75, 3.05) is 5.32 Å². The van der Waals surface area contributed by atoms with Gasteiger partial charge in [-0.15, -0.1) is 0 Å². The molecule has 0 saturated carbocycles. The van der Waals surface area contributed by atoms with Gasteiger partial charge in [-0.2, -0.15) is 0 Å². The van der Waals surface area contributed by atoms with Crippen molar-refractivity contribution in [3.8, 4) is 11.1 Å². The Balaban J connectivity index is 2.05. The van der Waals surface area contributed by atoms with Crippen LogP contribution in [0.5, 0.6) is 0 Å². The summed E-state index contributed by atoms with van der Waals surface area (Å²) in [7, 11) is 0. The minimum absolute atomic E-state index is 0.208. The van der Waals surface area contributed by atoms with E-state index in [4.69, 9.17) is 5.73 Å². The van der Waals surface area contributed by atoms with E-state index in [-0.39, 0.29) is 17.4 Å².